The van der Waals surface area contributed by atoms with E-state index in [1.54, 1.807) is 0 Å². The molecule has 0 aromatic heterocycles. The van der Waals surface area contributed by atoms with Gasteiger partial charge in [-0.05, 0) is 30.7 Å². The number of rotatable bonds is 1. The first-order chi connectivity index (χ1) is 8.77. The maximum atomic E-state index is 12.4. The zero-order valence-electron chi connectivity index (χ0n) is 10.6. The highest BCUT2D eigenvalue weighted by molar-refractivity contribution is 6.02. The molecule has 1 fully saturated rings. The Morgan fingerprint density at radius 2 is 1.83 bits per heavy atom. The average molecular weight is 244 g/mol. The molecule has 0 amide bonds. The van der Waals surface area contributed by atoms with Crippen molar-refractivity contribution in [2.75, 3.05) is 0 Å². The quantitative estimate of drug-likeness (QED) is 0.771. The van der Waals surface area contributed by atoms with Crippen LogP contribution in [0.3, 0.4) is 0 Å². The highest BCUT2D eigenvalue weighted by Gasteiger charge is 2.39. The van der Waals surface area contributed by atoms with E-state index in [0.717, 1.165) is 37.7 Å². The third kappa shape index (κ3) is 1.99. The molecule has 3 rings (SSSR count). The van der Waals surface area contributed by atoms with E-state index in [1.165, 1.54) is 12.0 Å². The molecule has 0 radical (unpaired) electrons. The van der Waals surface area contributed by atoms with E-state index in [-0.39, 0.29) is 23.7 Å². The van der Waals surface area contributed by atoms with Crippen molar-refractivity contribution in [1.29, 1.82) is 0 Å². The molecule has 18 heavy (non-hydrogen) atoms. The molecular weight excluding hydrogens is 224 g/mol. The van der Waals surface area contributed by atoms with Gasteiger partial charge < -0.3 is 5.11 Å². The van der Waals surface area contributed by atoms with E-state index in [4.69, 9.17) is 0 Å². The van der Waals surface area contributed by atoms with Crippen LogP contribution in [0.25, 0.3) is 0 Å². The highest BCUT2D eigenvalue weighted by atomic mass is 16.3. The van der Waals surface area contributed by atoms with Crippen molar-refractivity contribution >= 4 is 5.78 Å². The number of ketones is 1. The van der Waals surface area contributed by atoms with E-state index >= 15 is 0 Å². The van der Waals surface area contributed by atoms with Crippen LogP contribution < -0.4 is 0 Å². The second-order valence-electron chi connectivity index (χ2n) is 5.70. The van der Waals surface area contributed by atoms with Crippen molar-refractivity contribution in [3.05, 3.63) is 35.4 Å². The Labute approximate surface area is 108 Å². The van der Waals surface area contributed by atoms with Gasteiger partial charge in [-0.25, -0.2) is 0 Å². The van der Waals surface area contributed by atoms with Gasteiger partial charge in [0.1, 0.15) is 0 Å². The number of aliphatic hydroxyl groups excluding tert-OH is 1. The van der Waals surface area contributed by atoms with Crippen molar-refractivity contribution in [1.82, 2.24) is 0 Å². The van der Waals surface area contributed by atoms with Crippen LogP contribution in [0.5, 0.6) is 0 Å². The van der Waals surface area contributed by atoms with Gasteiger partial charge in [-0.1, -0.05) is 43.5 Å². The summed E-state index contributed by atoms with van der Waals surface area (Å²) < 4.78 is 0. The van der Waals surface area contributed by atoms with Crippen LogP contribution in [-0.4, -0.2) is 17.0 Å². The molecule has 3 atom stereocenters. The van der Waals surface area contributed by atoms with Gasteiger partial charge in [-0.2, -0.15) is 0 Å². The van der Waals surface area contributed by atoms with Crippen molar-refractivity contribution in [2.45, 2.75) is 44.6 Å². The van der Waals surface area contributed by atoms with Gasteiger partial charge in [0.15, 0.2) is 5.78 Å². The predicted molar refractivity (Wildman–Crippen MR) is 70.5 cm³/mol. The fourth-order valence-electron chi connectivity index (χ4n) is 3.60. The van der Waals surface area contributed by atoms with Crippen molar-refractivity contribution in [3.8, 4) is 0 Å². The maximum Gasteiger partial charge on any atom is 0.166 e. The number of aliphatic hydroxyl groups is 1. The zero-order chi connectivity index (χ0) is 12.5. The minimum Gasteiger partial charge on any atom is -0.393 e. The van der Waals surface area contributed by atoms with E-state index in [0.29, 0.717) is 0 Å². The lowest BCUT2D eigenvalue weighted by Gasteiger charge is -2.25. The van der Waals surface area contributed by atoms with Gasteiger partial charge in [0.25, 0.3) is 0 Å². The first-order valence-corrected chi connectivity index (χ1v) is 7.07. The first kappa shape index (κ1) is 11.9. The maximum absolute atomic E-state index is 12.4. The monoisotopic (exact) mass is 244 g/mol. The Kier molecular flexibility index (Phi) is 3.21. The first-order valence-electron chi connectivity index (χ1n) is 7.07. The highest BCUT2D eigenvalue weighted by Crippen LogP contribution is 2.38. The van der Waals surface area contributed by atoms with Gasteiger partial charge in [-0.3, -0.25) is 4.79 Å². The minimum atomic E-state index is -0.282. The summed E-state index contributed by atoms with van der Waals surface area (Å²) in [5, 5.41) is 10.3. The molecule has 1 aromatic carbocycles. The Hall–Kier alpha value is -1.15. The smallest absolute Gasteiger partial charge is 0.166 e. The number of fused-ring (bicyclic) bond motifs is 1. The molecule has 1 saturated carbocycles. The summed E-state index contributed by atoms with van der Waals surface area (Å²) in [5.41, 5.74) is 2.06. The standard InChI is InChI=1S/C16H20O2/c17-15-9-3-1-2-8-13(15)14-10-11-6-4-5-7-12(11)16(14)18/h4-7,13-15,17H,1-3,8-10H2. The molecule has 1 N–H and O–H groups in total. The topological polar surface area (TPSA) is 37.3 Å². The number of benzene rings is 1. The van der Waals surface area contributed by atoms with Gasteiger partial charge in [0.05, 0.1) is 6.10 Å². The summed E-state index contributed by atoms with van der Waals surface area (Å²) in [6.07, 6.45) is 5.87. The molecule has 2 aliphatic rings. The SMILES string of the molecule is O=C1c2ccccc2CC1C1CCCCCC1O. The Morgan fingerprint density at radius 3 is 2.67 bits per heavy atom. The fraction of sp³-hybridized carbons (Fsp3) is 0.562. The van der Waals surface area contributed by atoms with Crippen molar-refractivity contribution < 1.29 is 9.90 Å². The molecule has 3 unspecified atom stereocenters. The lowest BCUT2D eigenvalue weighted by Crippen LogP contribution is -2.30. The van der Waals surface area contributed by atoms with E-state index in [9.17, 15) is 9.90 Å². The molecule has 0 heterocycles. The summed E-state index contributed by atoms with van der Waals surface area (Å²) in [5.74, 6) is 0.458. The second-order valence-corrected chi connectivity index (χ2v) is 5.70. The summed E-state index contributed by atoms with van der Waals surface area (Å²) >= 11 is 0. The fourth-order valence-corrected chi connectivity index (χ4v) is 3.60. The molecule has 0 saturated heterocycles. The van der Waals surface area contributed by atoms with Crippen LogP contribution in [0.15, 0.2) is 24.3 Å². The van der Waals surface area contributed by atoms with Gasteiger partial charge in [0, 0.05) is 11.5 Å². The van der Waals surface area contributed by atoms with Crippen LogP contribution in [0, 0.1) is 11.8 Å². The summed E-state index contributed by atoms with van der Waals surface area (Å²) in [4.78, 5) is 12.4. The number of carbonyl (C=O) groups is 1. The Morgan fingerprint density at radius 1 is 1.06 bits per heavy atom. The van der Waals surface area contributed by atoms with Gasteiger partial charge in [0.2, 0.25) is 0 Å². The van der Waals surface area contributed by atoms with Crippen molar-refractivity contribution in [2.24, 2.45) is 11.8 Å². The van der Waals surface area contributed by atoms with Gasteiger partial charge in [-0.15, -0.1) is 0 Å². The van der Waals surface area contributed by atoms with E-state index in [1.807, 2.05) is 18.2 Å². The van der Waals surface area contributed by atoms with Crippen LogP contribution in [0.4, 0.5) is 0 Å². The Balaban J connectivity index is 1.84. The summed E-state index contributed by atoms with van der Waals surface area (Å²) in [6.45, 7) is 0. The third-order valence-electron chi connectivity index (χ3n) is 4.61. The van der Waals surface area contributed by atoms with Crippen LogP contribution in [-0.2, 0) is 6.42 Å². The summed E-state index contributed by atoms with van der Waals surface area (Å²) in [7, 11) is 0. The molecule has 0 aliphatic heterocycles. The van der Waals surface area contributed by atoms with Crippen LogP contribution >= 0.6 is 0 Å². The molecule has 1 aromatic rings. The average Bonchev–Trinajstić information content (AvgIpc) is 2.57. The van der Waals surface area contributed by atoms with Crippen molar-refractivity contribution in [3.63, 3.8) is 0 Å². The van der Waals surface area contributed by atoms with E-state index < -0.39 is 0 Å². The molecular formula is C16H20O2. The number of hydrogen-bond donors (Lipinski definition) is 1. The number of carbonyl (C=O) groups excluding carboxylic acids is 1. The molecule has 2 heteroatoms. The molecule has 0 spiro atoms. The lowest BCUT2D eigenvalue weighted by molar-refractivity contribution is 0.0560. The third-order valence-corrected chi connectivity index (χ3v) is 4.61. The van der Waals surface area contributed by atoms with E-state index in [2.05, 4.69) is 6.07 Å². The Bertz CT molecular complexity index is 452. The van der Waals surface area contributed by atoms with Crippen LogP contribution in [0.1, 0.15) is 48.0 Å². The largest absolute Gasteiger partial charge is 0.393 e. The molecule has 0 bridgehead atoms. The zero-order valence-corrected chi connectivity index (χ0v) is 10.6. The number of hydrogen-bond acceptors (Lipinski definition) is 2. The number of Topliss-reactive ketones (excluding diaryl/α,β-unsaturated/α-hetero) is 1. The molecule has 2 aliphatic carbocycles. The second kappa shape index (κ2) is 4.85. The minimum absolute atomic E-state index is 0.0236. The molecule has 96 valence electrons. The normalized spacial score (nSPS) is 32.1. The van der Waals surface area contributed by atoms with Gasteiger partial charge >= 0.3 is 0 Å². The van der Waals surface area contributed by atoms with Crippen LogP contribution in [0.2, 0.25) is 0 Å². The summed E-state index contributed by atoms with van der Waals surface area (Å²) in [6, 6.07) is 7.91. The molecule has 2 nitrogen and oxygen atoms in total. The lowest BCUT2D eigenvalue weighted by atomic mass is 9.82. The predicted octanol–water partition coefficient (Wildman–Crippen LogP) is 2.98.